The number of rotatable bonds is 3. The van der Waals surface area contributed by atoms with Gasteiger partial charge in [0.2, 0.25) is 0 Å². The summed E-state index contributed by atoms with van der Waals surface area (Å²) in [5.74, 6) is 1.51. The summed E-state index contributed by atoms with van der Waals surface area (Å²) in [6.45, 7) is 1.47. The summed E-state index contributed by atoms with van der Waals surface area (Å²) >= 11 is 3.20. The average Bonchev–Trinajstić information content (AvgIpc) is 3.09. The Hall–Kier alpha value is -0.920. The third-order valence-corrected chi connectivity index (χ3v) is 4.48. The maximum absolute atomic E-state index is 5.31. The minimum Gasteiger partial charge on any atom is -0.381 e. The van der Waals surface area contributed by atoms with Crippen LogP contribution in [0.3, 0.4) is 0 Å². The molecule has 7 heteroatoms. The van der Waals surface area contributed by atoms with Crippen LogP contribution in [0.15, 0.2) is 14.2 Å². The molecule has 2 aromatic heterocycles. The van der Waals surface area contributed by atoms with Crippen LogP contribution in [0, 0.1) is 0 Å². The molecule has 90 valence electrons. The molecular formula is C10H11N3O2S2. The number of hydrogen-bond acceptors (Lipinski definition) is 7. The molecule has 0 unspecified atom stereocenters. The third kappa shape index (κ3) is 2.22. The second-order valence-corrected chi connectivity index (χ2v) is 5.63. The molecule has 17 heavy (non-hydrogen) atoms. The van der Waals surface area contributed by atoms with E-state index in [2.05, 4.69) is 15.1 Å². The molecule has 0 radical (unpaired) electrons. The summed E-state index contributed by atoms with van der Waals surface area (Å²) in [4.78, 5) is 8.78. The van der Waals surface area contributed by atoms with Gasteiger partial charge >= 0.3 is 0 Å². The molecule has 5 nitrogen and oxygen atoms in total. The third-order valence-electron chi connectivity index (χ3n) is 2.61. The van der Waals surface area contributed by atoms with E-state index >= 15 is 0 Å². The normalized spacial score (nSPS) is 19.9. The fourth-order valence-electron chi connectivity index (χ4n) is 1.69. The summed E-state index contributed by atoms with van der Waals surface area (Å²) in [6, 6.07) is 0. The van der Waals surface area contributed by atoms with Gasteiger partial charge in [0.1, 0.15) is 10.0 Å². The molecule has 0 bridgehead atoms. The standard InChI is InChI=1S/C10H11N3O2S2/c1-16-10-11-7(5-17-10)9-12-8(13-15-9)6-2-3-14-4-6/h5-6H,2-4H2,1H3/t6-/m0/s1. The van der Waals surface area contributed by atoms with Crippen LogP contribution >= 0.6 is 23.1 Å². The Kier molecular flexibility index (Phi) is 3.13. The molecule has 1 aliphatic heterocycles. The summed E-state index contributed by atoms with van der Waals surface area (Å²) < 4.78 is 11.6. The Morgan fingerprint density at radius 3 is 3.12 bits per heavy atom. The Labute approximate surface area is 107 Å². The number of nitrogens with zero attached hydrogens (tertiary/aromatic N) is 3. The van der Waals surface area contributed by atoms with Crippen molar-refractivity contribution in [3.8, 4) is 11.6 Å². The molecule has 1 fully saturated rings. The van der Waals surface area contributed by atoms with Gasteiger partial charge in [0.25, 0.3) is 5.89 Å². The Morgan fingerprint density at radius 1 is 1.47 bits per heavy atom. The molecule has 3 heterocycles. The fourth-order valence-corrected chi connectivity index (χ4v) is 2.93. The van der Waals surface area contributed by atoms with Crippen LogP contribution in [-0.2, 0) is 4.74 Å². The summed E-state index contributed by atoms with van der Waals surface area (Å²) in [5.41, 5.74) is 0.761. The van der Waals surface area contributed by atoms with Crippen molar-refractivity contribution in [3.63, 3.8) is 0 Å². The Morgan fingerprint density at radius 2 is 2.41 bits per heavy atom. The summed E-state index contributed by atoms with van der Waals surface area (Å²) in [7, 11) is 0. The Balaban J connectivity index is 1.83. The molecule has 0 aliphatic carbocycles. The average molecular weight is 269 g/mol. The first-order chi connectivity index (χ1) is 8.36. The second kappa shape index (κ2) is 4.75. The molecule has 1 atom stereocenters. The predicted octanol–water partition coefficient (Wildman–Crippen LogP) is 2.42. The minimum absolute atomic E-state index is 0.270. The lowest BCUT2D eigenvalue weighted by Gasteiger charge is -1.97. The van der Waals surface area contributed by atoms with Gasteiger partial charge in [-0.1, -0.05) is 16.9 Å². The maximum atomic E-state index is 5.31. The van der Waals surface area contributed by atoms with Crippen molar-refractivity contribution in [3.05, 3.63) is 11.2 Å². The SMILES string of the molecule is CSc1nc(-c2nc([C@H]3CCOC3)no2)cs1. The van der Waals surface area contributed by atoms with E-state index < -0.39 is 0 Å². The smallest absolute Gasteiger partial charge is 0.277 e. The fraction of sp³-hybridized carbons (Fsp3) is 0.500. The van der Waals surface area contributed by atoms with Crippen molar-refractivity contribution < 1.29 is 9.26 Å². The van der Waals surface area contributed by atoms with E-state index in [9.17, 15) is 0 Å². The highest BCUT2D eigenvalue weighted by molar-refractivity contribution is 8.00. The van der Waals surface area contributed by atoms with Crippen LogP contribution in [0.2, 0.25) is 0 Å². The molecular weight excluding hydrogens is 258 g/mol. The maximum Gasteiger partial charge on any atom is 0.277 e. The molecule has 3 rings (SSSR count). The van der Waals surface area contributed by atoms with E-state index in [1.165, 1.54) is 0 Å². The number of ether oxygens (including phenoxy) is 1. The van der Waals surface area contributed by atoms with E-state index in [1.807, 2.05) is 11.6 Å². The molecule has 0 saturated carbocycles. The molecule has 1 saturated heterocycles. The molecule has 2 aromatic rings. The van der Waals surface area contributed by atoms with E-state index in [4.69, 9.17) is 9.26 Å². The topological polar surface area (TPSA) is 61.0 Å². The van der Waals surface area contributed by atoms with Gasteiger partial charge in [-0.15, -0.1) is 11.3 Å². The van der Waals surface area contributed by atoms with E-state index in [-0.39, 0.29) is 5.92 Å². The first kappa shape index (κ1) is 11.2. The van der Waals surface area contributed by atoms with Crippen LogP contribution < -0.4 is 0 Å². The minimum atomic E-state index is 0.270. The first-order valence-corrected chi connectivity index (χ1v) is 7.38. The van der Waals surface area contributed by atoms with Crippen LogP contribution in [0.4, 0.5) is 0 Å². The zero-order chi connectivity index (χ0) is 11.7. The molecule has 0 spiro atoms. The van der Waals surface area contributed by atoms with Crippen molar-refractivity contribution in [2.75, 3.05) is 19.5 Å². The van der Waals surface area contributed by atoms with Gasteiger partial charge in [0, 0.05) is 17.9 Å². The van der Waals surface area contributed by atoms with Gasteiger partial charge in [0.05, 0.1) is 6.61 Å². The van der Waals surface area contributed by atoms with E-state index in [0.29, 0.717) is 12.5 Å². The second-order valence-electron chi connectivity index (χ2n) is 3.72. The van der Waals surface area contributed by atoms with Crippen molar-refractivity contribution in [2.24, 2.45) is 0 Å². The highest BCUT2D eigenvalue weighted by Crippen LogP contribution is 2.28. The highest BCUT2D eigenvalue weighted by atomic mass is 32.2. The van der Waals surface area contributed by atoms with Crippen molar-refractivity contribution in [1.82, 2.24) is 15.1 Å². The Bertz CT molecular complexity index is 505. The number of thioether (sulfide) groups is 1. The quantitative estimate of drug-likeness (QED) is 0.797. The lowest BCUT2D eigenvalue weighted by Crippen LogP contribution is -1.99. The number of aromatic nitrogens is 3. The van der Waals surface area contributed by atoms with Crippen LogP contribution in [0.25, 0.3) is 11.6 Å². The van der Waals surface area contributed by atoms with E-state index in [0.717, 1.165) is 28.9 Å². The van der Waals surface area contributed by atoms with Gasteiger partial charge in [-0.05, 0) is 12.7 Å². The summed E-state index contributed by atoms with van der Waals surface area (Å²) in [5, 5.41) is 5.94. The largest absolute Gasteiger partial charge is 0.381 e. The van der Waals surface area contributed by atoms with E-state index in [1.54, 1.807) is 23.1 Å². The lowest BCUT2D eigenvalue weighted by atomic mass is 10.1. The van der Waals surface area contributed by atoms with Gasteiger partial charge < -0.3 is 9.26 Å². The molecule has 0 N–H and O–H groups in total. The van der Waals surface area contributed by atoms with Crippen LogP contribution in [0.5, 0.6) is 0 Å². The molecule has 0 aromatic carbocycles. The van der Waals surface area contributed by atoms with Gasteiger partial charge in [0.15, 0.2) is 5.82 Å². The zero-order valence-electron chi connectivity index (χ0n) is 9.25. The van der Waals surface area contributed by atoms with Crippen molar-refractivity contribution in [1.29, 1.82) is 0 Å². The van der Waals surface area contributed by atoms with Crippen LogP contribution in [0.1, 0.15) is 18.2 Å². The summed E-state index contributed by atoms with van der Waals surface area (Å²) in [6.07, 6.45) is 2.96. The van der Waals surface area contributed by atoms with Crippen molar-refractivity contribution >= 4 is 23.1 Å². The lowest BCUT2D eigenvalue weighted by molar-refractivity contribution is 0.192. The monoisotopic (exact) mass is 269 g/mol. The van der Waals surface area contributed by atoms with Gasteiger partial charge in [-0.2, -0.15) is 4.98 Å². The number of hydrogen-bond donors (Lipinski definition) is 0. The zero-order valence-corrected chi connectivity index (χ0v) is 10.9. The molecule has 0 amide bonds. The number of thiazole rings is 1. The van der Waals surface area contributed by atoms with Gasteiger partial charge in [-0.25, -0.2) is 4.98 Å². The van der Waals surface area contributed by atoms with Crippen LogP contribution in [-0.4, -0.2) is 34.6 Å². The predicted molar refractivity (Wildman–Crippen MR) is 65.4 cm³/mol. The van der Waals surface area contributed by atoms with Gasteiger partial charge in [-0.3, -0.25) is 0 Å². The highest BCUT2D eigenvalue weighted by Gasteiger charge is 2.24. The first-order valence-electron chi connectivity index (χ1n) is 5.28. The van der Waals surface area contributed by atoms with Crippen molar-refractivity contribution in [2.45, 2.75) is 16.7 Å². The molecule has 1 aliphatic rings.